The van der Waals surface area contributed by atoms with Gasteiger partial charge in [-0.25, -0.2) is 4.98 Å². The van der Waals surface area contributed by atoms with E-state index in [-0.39, 0.29) is 5.91 Å². The lowest BCUT2D eigenvalue weighted by molar-refractivity contribution is 0.0933. The average Bonchev–Trinajstić information content (AvgIpc) is 2.52. The van der Waals surface area contributed by atoms with E-state index in [1.807, 2.05) is 30.3 Å². The van der Waals surface area contributed by atoms with Crippen molar-refractivity contribution >= 4 is 21.8 Å². The summed E-state index contributed by atoms with van der Waals surface area (Å²) in [5, 5.41) is 2.85. The second-order valence-corrected chi connectivity index (χ2v) is 5.24. The van der Waals surface area contributed by atoms with Gasteiger partial charge in [0.15, 0.2) is 0 Å². The monoisotopic (exact) mass is 348 g/mol. The van der Waals surface area contributed by atoms with Crippen LogP contribution in [0.4, 0.5) is 0 Å². The van der Waals surface area contributed by atoms with Crippen molar-refractivity contribution in [2.24, 2.45) is 0 Å². The quantitative estimate of drug-likeness (QED) is 0.617. The summed E-state index contributed by atoms with van der Waals surface area (Å²) in [4.78, 5) is 15.9. The third-order valence-electron chi connectivity index (χ3n) is 2.87. The zero-order valence-corrected chi connectivity index (χ0v) is 13.2. The Labute approximate surface area is 132 Å². The minimum absolute atomic E-state index is 0.127. The van der Waals surface area contributed by atoms with Gasteiger partial charge in [0.25, 0.3) is 5.91 Å². The predicted molar refractivity (Wildman–Crippen MR) is 85.0 cm³/mol. The minimum Gasteiger partial charge on any atom is -0.377 e. The van der Waals surface area contributed by atoms with E-state index in [4.69, 9.17) is 4.74 Å². The zero-order chi connectivity index (χ0) is 14.9. The van der Waals surface area contributed by atoms with Gasteiger partial charge in [0.05, 0.1) is 12.2 Å². The molecule has 0 unspecified atom stereocenters. The normalized spacial score (nSPS) is 10.3. The third kappa shape index (κ3) is 5.28. The molecule has 1 heterocycles. The predicted octanol–water partition coefficient (Wildman–Crippen LogP) is 3.18. The number of carbonyl (C=O) groups is 1. The first-order valence-corrected chi connectivity index (χ1v) is 7.57. The largest absolute Gasteiger partial charge is 0.377 e. The average molecular weight is 349 g/mol. The lowest BCUT2D eigenvalue weighted by Gasteiger charge is -2.07. The number of ether oxygens (including phenoxy) is 1. The summed E-state index contributed by atoms with van der Waals surface area (Å²) in [7, 11) is 0. The van der Waals surface area contributed by atoms with Gasteiger partial charge in [0.2, 0.25) is 0 Å². The summed E-state index contributed by atoms with van der Waals surface area (Å²) in [6.45, 7) is 1.79. The smallest absolute Gasteiger partial charge is 0.254 e. The van der Waals surface area contributed by atoms with Crippen LogP contribution in [0.2, 0.25) is 0 Å². The van der Waals surface area contributed by atoms with E-state index in [1.54, 1.807) is 18.3 Å². The Kier molecular flexibility index (Phi) is 6.37. The third-order valence-corrected chi connectivity index (χ3v) is 3.50. The van der Waals surface area contributed by atoms with Gasteiger partial charge in [-0.1, -0.05) is 30.3 Å². The highest BCUT2D eigenvalue weighted by molar-refractivity contribution is 9.10. The summed E-state index contributed by atoms with van der Waals surface area (Å²) in [6.07, 6.45) is 2.41. The van der Waals surface area contributed by atoms with Crippen LogP contribution >= 0.6 is 15.9 Å². The zero-order valence-electron chi connectivity index (χ0n) is 11.6. The number of halogens is 1. The Balaban J connectivity index is 1.62. The molecule has 110 valence electrons. The lowest BCUT2D eigenvalue weighted by Crippen LogP contribution is -2.25. The van der Waals surface area contributed by atoms with Gasteiger partial charge in [0.1, 0.15) is 4.60 Å². The summed E-state index contributed by atoms with van der Waals surface area (Å²) in [5.41, 5.74) is 1.70. The second kappa shape index (κ2) is 8.54. The van der Waals surface area contributed by atoms with Crippen LogP contribution in [0.3, 0.4) is 0 Å². The van der Waals surface area contributed by atoms with Crippen molar-refractivity contribution in [1.29, 1.82) is 0 Å². The van der Waals surface area contributed by atoms with E-state index in [9.17, 15) is 4.79 Å². The van der Waals surface area contributed by atoms with Crippen LogP contribution in [0, 0.1) is 0 Å². The van der Waals surface area contributed by atoms with E-state index in [0.717, 1.165) is 12.0 Å². The standard InChI is InChI=1S/C16H17BrN2O2/c17-15-14(8-4-9-18-15)16(20)19-10-5-11-21-12-13-6-2-1-3-7-13/h1-4,6-9H,5,10-12H2,(H,19,20). The molecule has 5 heteroatoms. The van der Waals surface area contributed by atoms with Crippen LogP contribution in [0.15, 0.2) is 53.3 Å². The summed E-state index contributed by atoms with van der Waals surface area (Å²) in [5.74, 6) is -0.127. The van der Waals surface area contributed by atoms with Gasteiger partial charge in [0, 0.05) is 19.3 Å². The summed E-state index contributed by atoms with van der Waals surface area (Å²) < 4.78 is 6.12. The molecule has 0 aliphatic carbocycles. The number of pyridine rings is 1. The van der Waals surface area contributed by atoms with Crippen molar-refractivity contribution in [2.45, 2.75) is 13.0 Å². The maximum atomic E-state index is 11.9. The Morgan fingerprint density at radius 1 is 1.19 bits per heavy atom. The molecule has 1 amide bonds. The molecule has 0 aliphatic rings. The number of hydrogen-bond acceptors (Lipinski definition) is 3. The van der Waals surface area contributed by atoms with Crippen molar-refractivity contribution in [3.8, 4) is 0 Å². The highest BCUT2D eigenvalue weighted by Crippen LogP contribution is 2.11. The van der Waals surface area contributed by atoms with Gasteiger partial charge in [-0.15, -0.1) is 0 Å². The molecule has 0 radical (unpaired) electrons. The molecule has 1 aromatic heterocycles. The van der Waals surface area contributed by atoms with Gasteiger partial charge in [-0.3, -0.25) is 4.79 Å². The molecule has 21 heavy (non-hydrogen) atoms. The van der Waals surface area contributed by atoms with Crippen LogP contribution in [0.1, 0.15) is 22.3 Å². The summed E-state index contributed by atoms with van der Waals surface area (Å²) >= 11 is 3.26. The molecule has 0 saturated heterocycles. The van der Waals surface area contributed by atoms with Crippen molar-refractivity contribution < 1.29 is 9.53 Å². The van der Waals surface area contributed by atoms with E-state index in [1.165, 1.54) is 0 Å². The van der Waals surface area contributed by atoms with Crippen LogP contribution in [-0.2, 0) is 11.3 Å². The SMILES string of the molecule is O=C(NCCCOCc1ccccc1)c1cccnc1Br. The highest BCUT2D eigenvalue weighted by atomic mass is 79.9. The van der Waals surface area contributed by atoms with Gasteiger partial charge >= 0.3 is 0 Å². The molecule has 0 bridgehead atoms. The second-order valence-electron chi connectivity index (χ2n) is 4.49. The van der Waals surface area contributed by atoms with Crippen LogP contribution in [0.5, 0.6) is 0 Å². The van der Waals surface area contributed by atoms with Crippen molar-refractivity contribution in [3.63, 3.8) is 0 Å². The molecule has 0 saturated carbocycles. The van der Waals surface area contributed by atoms with Gasteiger partial charge < -0.3 is 10.1 Å². The van der Waals surface area contributed by atoms with E-state index in [2.05, 4.69) is 26.2 Å². The van der Waals surface area contributed by atoms with E-state index < -0.39 is 0 Å². The van der Waals surface area contributed by atoms with Crippen LogP contribution in [0.25, 0.3) is 0 Å². The molecule has 0 fully saturated rings. The van der Waals surface area contributed by atoms with Crippen LogP contribution < -0.4 is 5.32 Å². The minimum atomic E-state index is -0.127. The van der Waals surface area contributed by atoms with E-state index >= 15 is 0 Å². The molecular weight excluding hydrogens is 332 g/mol. The molecule has 1 aromatic carbocycles. The molecule has 2 rings (SSSR count). The molecule has 4 nitrogen and oxygen atoms in total. The fourth-order valence-electron chi connectivity index (χ4n) is 1.79. The first kappa shape index (κ1) is 15.7. The first-order valence-electron chi connectivity index (χ1n) is 6.78. The number of amides is 1. The van der Waals surface area contributed by atoms with Gasteiger partial charge in [-0.2, -0.15) is 0 Å². The molecule has 0 spiro atoms. The van der Waals surface area contributed by atoms with Crippen molar-refractivity contribution in [2.75, 3.05) is 13.2 Å². The molecule has 2 aromatic rings. The summed E-state index contributed by atoms with van der Waals surface area (Å²) in [6, 6.07) is 13.5. The Morgan fingerprint density at radius 3 is 2.76 bits per heavy atom. The Hall–Kier alpha value is -1.72. The fraction of sp³-hybridized carbons (Fsp3) is 0.250. The van der Waals surface area contributed by atoms with Crippen molar-refractivity contribution in [1.82, 2.24) is 10.3 Å². The fourth-order valence-corrected chi connectivity index (χ4v) is 2.22. The topological polar surface area (TPSA) is 51.2 Å². The number of carbonyl (C=O) groups excluding carboxylic acids is 1. The molecule has 0 atom stereocenters. The number of hydrogen-bond donors (Lipinski definition) is 1. The number of nitrogens with zero attached hydrogens (tertiary/aromatic N) is 1. The molecule has 0 aliphatic heterocycles. The Bertz CT molecular complexity index is 575. The molecular formula is C16H17BrN2O2. The number of aromatic nitrogens is 1. The maximum Gasteiger partial charge on any atom is 0.254 e. The lowest BCUT2D eigenvalue weighted by atomic mass is 10.2. The highest BCUT2D eigenvalue weighted by Gasteiger charge is 2.08. The first-order chi connectivity index (χ1) is 10.3. The number of rotatable bonds is 7. The van der Waals surface area contributed by atoms with Gasteiger partial charge in [-0.05, 0) is 40.0 Å². The van der Waals surface area contributed by atoms with Crippen LogP contribution in [-0.4, -0.2) is 24.0 Å². The molecule has 1 N–H and O–H groups in total. The van der Waals surface area contributed by atoms with Crippen molar-refractivity contribution in [3.05, 3.63) is 64.4 Å². The number of benzene rings is 1. The maximum absolute atomic E-state index is 11.9. The number of nitrogens with one attached hydrogen (secondary N) is 1. The van der Waals surface area contributed by atoms with E-state index in [0.29, 0.717) is 29.9 Å². The Morgan fingerprint density at radius 2 is 2.00 bits per heavy atom.